The maximum Gasteiger partial charge on any atom is 0.252 e. The molecule has 0 fully saturated rings. The fourth-order valence-electron chi connectivity index (χ4n) is 18.5. The molecule has 21 aromatic rings. The molecule has 8 nitrogen and oxygen atoms in total. The average Bonchev–Trinajstić information content (AvgIpc) is 1.39. The van der Waals surface area contributed by atoms with Gasteiger partial charge in [-0.05, 0) is 187 Å². The molecular weight excluding hydrogens is 1460 g/mol. The first-order valence-electron chi connectivity index (χ1n) is 46.5. The van der Waals surface area contributed by atoms with Gasteiger partial charge in [0.1, 0.15) is 11.6 Å². The minimum absolute atomic E-state index is 0.0211. The summed E-state index contributed by atoms with van der Waals surface area (Å²) in [5, 5.41) is 16.1. The molecule has 10 heteroatoms. The van der Waals surface area contributed by atoms with Crippen LogP contribution in [0.3, 0.4) is 0 Å². The molecule has 0 saturated heterocycles. The zero-order valence-corrected chi connectivity index (χ0v) is 66.4. The van der Waals surface area contributed by atoms with Crippen molar-refractivity contribution in [2.75, 3.05) is 9.80 Å². The molecular formula is C109H77BN8S. The predicted octanol–water partition coefficient (Wildman–Crippen LogP) is 27.0. The SMILES string of the molecule is [2H]c1c([2H])c([2H])c(-c2cc(-c3ccc4c(c3)B3c5cc(-c6cc(-n7c8c([2H])c([2H])c([2H])c([2H])c8c8c([2H])c([2H])c([2H])c([2H])c87)cc(-n7c8ccccc8c8ccc9c%10ccccc%10sc9c87)n6)ccc5N(c5ccccc5-c5ccccc5)c5cccc(c53)N4c3ccc(C(C)(C)C)cc3-c3ccccc3)nc(-n3c4ccc(C#N)cc4c4cc(C(C)(C)C)ccc43)c2)c([2H])c1[2H]. The second-order valence-electron chi connectivity index (χ2n) is 33.0. The topological polar surface area (TPSA) is 70.8 Å². The lowest BCUT2D eigenvalue weighted by Crippen LogP contribution is -2.61. The number of thiophene rings is 1. The molecule has 15 aromatic carbocycles. The summed E-state index contributed by atoms with van der Waals surface area (Å²) >= 11 is 1.67. The number of benzene rings is 15. The van der Waals surface area contributed by atoms with Gasteiger partial charge in [0, 0.05) is 87.7 Å². The molecule has 6 aromatic heterocycles. The van der Waals surface area contributed by atoms with E-state index in [2.05, 4.69) is 250 Å². The highest BCUT2D eigenvalue weighted by Gasteiger charge is 2.45. The van der Waals surface area contributed by atoms with E-state index in [1.54, 1.807) is 28.0 Å². The Balaban J connectivity index is 0.850. The molecule has 0 spiro atoms. The van der Waals surface area contributed by atoms with Gasteiger partial charge in [-0.25, -0.2) is 9.97 Å². The molecule has 0 N–H and O–H groups in total. The van der Waals surface area contributed by atoms with E-state index in [1.165, 1.54) is 0 Å². The van der Waals surface area contributed by atoms with E-state index < -0.39 is 85.3 Å². The van der Waals surface area contributed by atoms with Crippen LogP contribution in [0.5, 0.6) is 0 Å². The van der Waals surface area contributed by atoms with Crippen LogP contribution >= 0.6 is 11.3 Å². The number of para-hydroxylation sites is 4. The van der Waals surface area contributed by atoms with Crippen LogP contribution in [0.4, 0.5) is 34.1 Å². The number of aromatic nitrogens is 5. The fraction of sp³-hybridized carbons (Fsp3) is 0.0734. The molecule has 0 radical (unpaired) electrons. The van der Waals surface area contributed by atoms with E-state index >= 15 is 0 Å². The highest BCUT2D eigenvalue weighted by molar-refractivity contribution is 7.26. The van der Waals surface area contributed by atoms with Crippen molar-refractivity contribution < 1.29 is 17.8 Å². The standard InChI is InChI=1S/C109H77BN8S/c1-108(2,3)74-48-55-95(84(62-74)70-31-14-9-15-32-70)116-99-53-46-71(89-60-73(68-27-10-7-11-28-68)61-103(112-89)117-96-52-45-67(66-111)57-85(96)86-63-75(109(4,5)6)49-56-97(86)117)58-87(99)110-88-59-72(47-54-98(88)115(100-42-26-43-101(116)105(100)110)91-38-21-16-33-77(91)69-29-12-8-13-30-69)90-64-76(114-92-39-22-17-34-78(92)79-35-18-23-40-93(79)114)65-104(113-90)118-94-41-24-19-36-80(94)82-50-51-83-81-37-20-25-44-102(81)119-107(83)106(82)118/h7-65H,1-6H3/i7D,10D,11D,17D,18D,22D,23D,27D,28D,34D,35D,39D,40D. The van der Waals surface area contributed by atoms with Crippen molar-refractivity contribution in [2.45, 2.75) is 52.4 Å². The van der Waals surface area contributed by atoms with Gasteiger partial charge >= 0.3 is 0 Å². The largest absolute Gasteiger partial charge is 0.311 e. The highest BCUT2D eigenvalue weighted by atomic mass is 32.1. The van der Waals surface area contributed by atoms with E-state index in [0.29, 0.717) is 51.0 Å². The van der Waals surface area contributed by atoms with Crippen LogP contribution in [-0.4, -0.2) is 30.4 Å². The maximum absolute atomic E-state index is 10.5. The number of fused-ring (bicyclic) bond motifs is 17. The summed E-state index contributed by atoms with van der Waals surface area (Å²) in [6.07, 6.45) is 0. The summed E-state index contributed by atoms with van der Waals surface area (Å²) in [5.41, 5.74) is 19.4. The summed E-state index contributed by atoms with van der Waals surface area (Å²) < 4.78 is 131. The minimum Gasteiger partial charge on any atom is -0.311 e. The van der Waals surface area contributed by atoms with E-state index in [-0.39, 0.29) is 38.2 Å². The Kier molecular flexibility index (Phi) is 12.9. The third-order valence-electron chi connectivity index (χ3n) is 24.1. The second-order valence-corrected chi connectivity index (χ2v) is 34.0. The van der Waals surface area contributed by atoms with Crippen LogP contribution in [0.1, 0.15) is 76.1 Å². The average molecular weight is 1550 g/mol. The summed E-state index contributed by atoms with van der Waals surface area (Å²) in [5.74, 6) is 0.778. The summed E-state index contributed by atoms with van der Waals surface area (Å²) in [4.78, 5) is 16.4. The number of pyridine rings is 2. The molecule has 0 unspecified atom stereocenters. The van der Waals surface area contributed by atoms with Gasteiger partial charge in [-0.15, -0.1) is 11.3 Å². The molecule has 8 heterocycles. The maximum atomic E-state index is 10.5. The van der Waals surface area contributed by atoms with Crippen LogP contribution in [0.2, 0.25) is 0 Å². The monoisotopic (exact) mass is 1550 g/mol. The van der Waals surface area contributed by atoms with Crippen LogP contribution < -0.4 is 26.2 Å². The van der Waals surface area contributed by atoms with Gasteiger partial charge in [0.15, 0.2) is 0 Å². The van der Waals surface area contributed by atoms with Gasteiger partial charge in [-0.1, -0.05) is 278 Å². The number of nitrogens with zero attached hydrogens (tertiary/aromatic N) is 8. The van der Waals surface area contributed by atoms with Crippen molar-refractivity contribution in [3.63, 3.8) is 0 Å². The van der Waals surface area contributed by atoms with Crippen molar-refractivity contribution >= 4 is 154 Å². The van der Waals surface area contributed by atoms with Gasteiger partial charge in [0.25, 0.3) is 6.71 Å². The van der Waals surface area contributed by atoms with Crippen LogP contribution in [0.25, 0.3) is 159 Å². The normalized spacial score (nSPS) is 14.3. The predicted molar refractivity (Wildman–Crippen MR) is 501 cm³/mol. The number of hydrogen-bond donors (Lipinski definition) is 0. The Hall–Kier alpha value is -14.6. The number of rotatable bonds is 10. The molecule has 2 aliphatic rings. The number of hydrogen-bond acceptors (Lipinski definition) is 6. The first kappa shape index (κ1) is 57.4. The lowest BCUT2D eigenvalue weighted by atomic mass is 9.33. The van der Waals surface area contributed by atoms with Crippen LogP contribution in [0.15, 0.2) is 358 Å². The molecule has 562 valence electrons. The van der Waals surface area contributed by atoms with Crippen molar-refractivity contribution in [2.24, 2.45) is 0 Å². The molecule has 119 heavy (non-hydrogen) atoms. The van der Waals surface area contributed by atoms with E-state index in [9.17, 15) is 19.0 Å². The molecule has 0 amide bonds. The number of nitriles is 1. The number of anilines is 6. The summed E-state index contributed by atoms with van der Waals surface area (Å²) in [7, 11) is 0. The Morgan fingerprint density at radius 3 is 1.57 bits per heavy atom. The Labute approximate surface area is 712 Å². The lowest BCUT2D eigenvalue weighted by molar-refractivity contribution is 0.590. The first-order valence-corrected chi connectivity index (χ1v) is 40.8. The van der Waals surface area contributed by atoms with Crippen LogP contribution in [-0.2, 0) is 10.8 Å². The molecule has 23 rings (SSSR count). The summed E-state index contributed by atoms with van der Waals surface area (Å²) in [6, 6.07) is 91.4. The van der Waals surface area contributed by atoms with Gasteiger partial charge in [-0.3, -0.25) is 9.13 Å². The molecule has 0 bridgehead atoms. The van der Waals surface area contributed by atoms with E-state index in [0.717, 1.165) is 148 Å². The minimum atomic E-state index is -0.691. The zero-order valence-electron chi connectivity index (χ0n) is 78.6. The molecule has 0 atom stereocenters. The quantitative estimate of drug-likeness (QED) is 0.128. The van der Waals surface area contributed by atoms with Crippen LogP contribution in [0, 0.1) is 11.3 Å². The van der Waals surface area contributed by atoms with E-state index in [1.807, 2.05) is 83.4 Å². The second kappa shape index (κ2) is 26.7. The van der Waals surface area contributed by atoms with Gasteiger partial charge in [0.2, 0.25) is 0 Å². The zero-order chi connectivity index (χ0) is 91.0. The molecule has 0 saturated carbocycles. The fourth-order valence-corrected chi connectivity index (χ4v) is 19.8. The van der Waals surface area contributed by atoms with Crippen molar-refractivity contribution in [3.8, 4) is 79.3 Å². The Bertz CT molecular complexity index is 8620. The molecule has 0 aliphatic carbocycles. The smallest absolute Gasteiger partial charge is 0.252 e. The Morgan fingerprint density at radius 2 is 0.882 bits per heavy atom. The van der Waals surface area contributed by atoms with Gasteiger partial charge in [-0.2, -0.15) is 5.26 Å². The lowest BCUT2D eigenvalue weighted by Gasteiger charge is -2.45. The summed E-state index contributed by atoms with van der Waals surface area (Å²) in [6.45, 7) is 12.4. The van der Waals surface area contributed by atoms with E-state index in [4.69, 9.17) is 14.1 Å². The highest BCUT2D eigenvalue weighted by Crippen LogP contribution is 2.52. The van der Waals surface area contributed by atoms with Crippen molar-refractivity contribution in [1.29, 1.82) is 5.26 Å². The Morgan fingerprint density at radius 1 is 0.345 bits per heavy atom. The van der Waals surface area contributed by atoms with Crippen molar-refractivity contribution in [1.82, 2.24) is 23.7 Å². The molecule has 2 aliphatic heterocycles. The van der Waals surface area contributed by atoms with Gasteiger partial charge < -0.3 is 14.4 Å². The third kappa shape index (κ3) is 11.0. The van der Waals surface area contributed by atoms with Gasteiger partial charge in [0.05, 0.1) is 95.7 Å². The van der Waals surface area contributed by atoms with Crippen molar-refractivity contribution in [3.05, 3.63) is 374 Å². The first-order chi connectivity index (χ1) is 63.6. The third-order valence-corrected chi connectivity index (χ3v) is 25.3.